The third kappa shape index (κ3) is 4.84. The fourth-order valence-electron chi connectivity index (χ4n) is 4.26. The number of nitrogens with zero attached hydrogens (tertiary/aromatic N) is 4. The molecular formula is C13H20N5O12P3S. The fraction of sp³-hybridized carbons (Fsp3) is 0.615. The van der Waals surface area contributed by atoms with Gasteiger partial charge in [0.1, 0.15) is 11.6 Å². The van der Waals surface area contributed by atoms with Crippen molar-refractivity contribution in [3.63, 3.8) is 0 Å². The molecular weight excluding hydrogens is 543 g/mol. The molecule has 0 bridgehead atoms. The molecule has 5 unspecified atom stereocenters. The number of imidazole rings is 1. The Hall–Kier alpha value is -0.970. The van der Waals surface area contributed by atoms with Crippen LogP contribution in [0.2, 0.25) is 0 Å². The van der Waals surface area contributed by atoms with Crippen LogP contribution < -0.4 is 5.73 Å². The van der Waals surface area contributed by atoms with Gasteiger partial charge in [-0.25, -0.2) is 28.6 Å². The lowest BCUT2D eigenvalue weighted by Gasteiger charge is -2.24. The summed E-state index contributed by atoms with van der Waals surface area (Å²) in [5, 5.41) is 21.7. The molecule has 2 aromatic rings. The Balaban J connectivity index is 1.53. The van der Waals surface area contributed by atoms with E-state index >= 15 is 0 Å². The summed E-state index contributed by atoms with van der Waals surface area (Å²) in [6.07, 6.45) is 0.531. The highest BCUT2D eigenvalue weighted by molar-refractivity contribution is 7.98. The first-order chi connectivity index (χ1) is 15.6. The van der Waals surface area contributed by atoms with E-state index in [9.17, 15) is 33.7 Å². The molecule has 2 aromatic heterocycles. The van der Waals surface area contributed by atoms with Gasteiger partial charge in [0, 0.05) is 5.41 Å². The maximum Gasteiger partial charge on any atom is 0.490 e. The van der Waals surface area contributed by atoms with E-state index in [1.165, 1.54) is 22.7 Å². The third-order valence-electron chi connectivity index (χ3n) is 5.70. The van der Waals surface area contributed by atoms with E-state index in [4.69, 9.17) is 20.0 Å². The molecule has 34 heavy (non-hydrogen) atoms. The van der Waals surface area contributed by atoms with Crippen LogP contribution in [0.1, 0.15) is 12.5 Å². The van der Waals surface area contributed by atoms with Gasteiger partial charge in [0.25, 0.3) is 0 Å². The van der Waals surface area contributed by atoms with Crippen LogP contribution in [0.4, 0.5) is 5.82 Å². The molecule has 0 radical (unpaired) electrons. The van der Waals surface area contributed by atoms with Crippen molar-refractivity contribution >= 4 is 52.2 Å². The second-order valence-corrected chi connectivity index (χ2v) is 12.9. The highest BCUT2D eigenvalue weighted by Gasteiger charge is 2.72. The van der Waals surface area contributed by atoms with E-state index in [0.29, 0.717) is 10.8 Å². The highest BCUT2D eigenvalue weighted by atomic mass is 32.2. The standard InChI is InChI=1S/C13H20N5O12P3S/c1-34-12-16-10(14)6-11(17-12)18(4-15-6)7-5-2-13(5,9(20)8(7)19)3-28-32(24,25)30-33(26,27)29-31(21,22)23/h4-5,7-9,19-20H,2-3H2,1H3,(H,24,25)(H,26,27)(H2,14,16,17)(H2,21,22,23)/t5-,7?,8?,9?,13+/m0/s1. The van der Waals surface area contributed by atoms with E-state index in [-0.39, 0.29) is 17.8 Å². The van der Waals surface area contributed by atoms with Gasteiger partial charge in [-0.15, -0.1) is 0 Å². The minimum Gasteiger partial charge on any atom is -0.390 e. The topological polar surface area (TPSA) is 270 Å². The molecule has 0 saturated heterocycles. The normalized spacial score (nSPS) is 32.3. The van der Waals surface area contributed by atoms with E-state index in [1.807, 2.05) is 0 Å². The lowest BCUT2D eigenvalue weighted by molar-refractivity contribution is -0.0297. The number of thioether (sulfide) groups is 1. The van der Waals surface area contributed by atoms with Crippen LogP contribution >= 0.6 is 35.2 Å². The Kier molecular flexibility index (Phi) is 6.57. The van der Waals surface area contributed by atoms with Crippen LogP contribution in [-0.4, -0.2) is 74.4 Å². The van der Waals surface area contributed by atoms with Crippen molar-refractivity contribution in [1.29, 1.82) is 0 Å². The zero-order chi connectivity index (χ0) is 25.3. The Morgan fingerprint density at radius 2 is 1.85 bits per heavy atom. The molecule has 0 aromatic carbocycles. The number of fused-ring (bicyclic) bond motifs is 2. The molecule has 21 heteroatoms. The number of phosphoric acid groups is 3. The van der Waals surface area contributed by atoms with Crippen LogP contribution in [0.3, 0.4) is 0 Å². The molecule has 2 heterocycles. The molecule has 7 atom stereocenters. The number of anilines is 1. The van der Waals surface area contributed by atoms with Crippen molar-refractivity contribution < 1.29 is 56.6 Å². The third-order valence-corrected chi connectivity index (χ3v) is 10.0. The minimum absolute atomic E-state index is 0.121. The number of rotatable bonds is 9. The molecule has 0 spiro atoms. The van der Waals surface area contributed by atoms with Crippen LogP contribution in [0.5, 0.6) is 0 Å². The van der Waals surface area contributed by atoms with Crippen LogP contribution in [0.25, 0.3) is 11.2 Å². The Bertz CT molecular complexity index is 1270. The molecule has 8 N–H and O–H groups in total. The molecule has 17 nitrogen and oxygen atoms in total. The van der Waals surface area contributed by atoms with E-state index in [0.717, 1.165) is 0 Å². The largest absolute Gasteiger partial charge is 0.490 e. The lowest BCUT2D eigenvalue weighted by atomic mass is 10.0. The Morgan fingerprint density at radius 3 is 2.47 bits per heavy atom. The monoisotopic (exact) mass is 563 g/mol. The SMILES string of the molecule is CSc1nc(N)c2ncn(C3C(O)C(O)[C@@]4(COP(=O)(O)OP(=O)(O)OP(=O)(O)O)C[C@@H]34)c2n1. The van der Waals surface area contributed by atoms with E-state index in [1.54, 1.807) is 6.26 Å². The average molecular weight is 563 g/mol. The highest BCUT2D eigenvalue weighted by Crippen LogP contribution is 2.71. The predicted molar refractivity (Wildman–Crippen MR) is 113 cm³/mol. The minimum atomic E-state index is -5.68. The number of nitrogens with two attached hydrogens (primary N) is 1. The zero-order valence-electron chi connectivity index (χ0n) is 17.0. The molecule has 0 aliphatic heterocycles. The summed E-state index contributed by atoms with van der Waals surface area (Å²) < 4.78 is 47.9. The van der Waals surface area contributed by atoms with Gasteiger partial charge in [0.05, 0.1) is 25.1 Å². The van der Waals surface area contributed by atoms with Gasteiger partial charge in [-0.2, -0.15) is 8.62 Å². The van der Waals surface area contributed by atoms with E-state index in [2.05, 4.69) is 23.6 Å². The van der Waals surface area contributed by atoms with Crippen molar-refractivity contribution in [1.82, 2.24) is 19.5 Å². The predicted octanol–water partition coefficient (Wildman–Crippen LogP) is -0.243. The van der Waals surface area contributed by atoms with Crippen LogP contribution in [0.15, 0.2) is 11.5 Å². The van der Waals surface area contributed by atoms with Gasteiger partial charge in [-0.1, -0.05) is 11.8 Å². The quantitative estimate of drug-likeness (QED) is 0.118. The first kappa shape index (κ1) is 26.1. The van der Waals surface area contributed by atoms with Crippen LogP contribution in [-0.2, 0) is 26.8 Å². The molecule has 2 saturated carbocycles. The summed E-state index contributed by atoms with van der Waals surface area (Å²) in [6.45, 7) is -0.699. The molecule has 2 aliphatic carbocycles. The van der Waals surface area contributed by atoms with Gasteiger partial charge in [0.15, 0.2) is 16.6 Å². The second-order valence-electron chi connectivity index (χ2n) is 7.75. The summed E-state index contributed by atoms with van der Waals surface area (Å²) in [5.74, 6) is -0.369. The maximum absolute atomic E-state index is 12.1. The number of hydrogen-bond acceptors (Lipinski definition) is 13. The van der Waals surface area contributed by atoms with Crippen LogP contribution in [0, 0.1) is 11.3 Å². The molecule has 0 amide bonds. The van der Waals surface area contributed by atoms with Crippen molar-refractivity contribution in [2.24, 2.45) is 11.3 Å². The smallest absolute Gasteiger partial charge is 0.390 e. The van der Waals surface area contributed by atoms with Gasteiger partial charge in [-0.05, 0) is 18.6 Å². The zero-order valence-corrected chi connectivity index (χ0v) is 20.5. The van der Waals surface area contributed by atoms with Crippen molar-refractivity contribution in [3.8, 4) is 0 Å². The number of hydrogen-bond donors (Lipinski definition) is 7. The average Bonchev–Trinajstić information content (AvgIpc) is 3.18. The van der Waals surface area contributed by atoms with Crippen molar-refractivity contribution in [2.75, 3.05) is 18.6 Å². The molecule has 4 rings (SSSR count). The molecule has 2 aliphatic rings. The number of aromatic nitrogens is 4. The first-order valence-electron chi connectivity index (χ1n) is 9.28. The summed E-state index contributed by atoms with van der Waals surface area (Å²) in [6, 6.07) is -0.770. The second kappa shape index (κ2) is 8.56. The lowest BCUT2D eigenvalue weighted by Crippen LogP contribution is -2.35. The Labute approximate surface area is 194 Å². The summed E-state index contributed by atoms with van der Waals surface area (Å²) >= 11 is 1.23. The van der Waals surface area contributed by atoms with Gasteiger partial charge < -0.3 is 40.1 Å². The Morgan fingerprint density at radius 1 is 1.18 bits per heavy atom. The molecule has 190 valence electrons. The fourth-order valence-corrected chi connectivity index (χ4v) is 7.72. The number of aliphatic hydroxyl groups excluding tert-OH is 2. The van der Waals surface area contributed by atoms with Gasteiger partial charge in [-0.3, -0.25) is 4.52 Å². The molecule has 2 fully saturated rings. The number of phosphoric ester groups is 1. The summed E-state index contributed by atoms with van der Waals surface area (Å²) in [5.41, 5.74) is 5.28. The van der Waals surface area contributed by atoms with E-state index < -0.39 is 59.7 Å². The van der Waals surface area contributed by atoms with Gasteiger partial charge >= 0.3 is 23.5 Å². The summed E-state index contributed by atoms with van der Waals surface area (Å²) in [4.78, 5) is 48.8. The number of nitrogen functional groups attached to an aromatic ring is 1. The van der Waals surface area contributed by atoms with Gasteiger partial charge in [0.2, 0.25) is 0 Å². The number of aliphatic hydroxyl groups is 2. The van der Waals surface area contributed by atoms with Crippen molar-refractivity contribution in [2.45, 2.75) is 29.8 Å². The maximum atomic E-state index is 12.1. The first-order valence-corrected chi connectivity index (χ1v) is 15.0. The summed E-state index contributed by atoms with van der Waals surface area (Å²) in [7, 11) is -16.6. The van der Waals surface area contributed by atoms with Crippen molar-refractivity contribution in [3.05, 3.63) is 6.33 Å².